The van der Waals surface area contributed by atoms with E-state index in [-0.39, 0.29) is 5.54 Å². The van der Waals surface area contributed by atoms with Gasteiger partial charge in [-0.25, -0.2) is 4.98 Å². The Labute approximate surface area is 117 Å². The molecule has 0 radical (unpaired) electrons. The average molecular weight is 313 g/mol. The Morgan fingerprint density at radius 2 is 1.94 bits per heavy atom. The smallest absolute Gasteiger partial charge is 0.213 e. The monoisotopic (exact) mass is 312 g/mol. The van der Waals surface area contributed by atoms with E-state index in [0.29, 0.717) is 12.5 Å². The predicted octanol–water partition coefficient (Wildman–Crippen LogP) is 3.58. The van der Waals surface area contributed by atoms with Gasteiger partial charge in [0, 0.05) is 10.5 Å². The summed E-state index contributed by atoms with van der Waals surface area (Å²) in [6.45, 7) is 2.53. The Balaban J connectivity index is 1.95. The molecule has 0 atom stereocenters. The third-order valence-corrected chi connectivity index (χ3v) is 4.44. The van der Waals surface area contributed by atoms with Crippen LogP contribution < -0.4 is 10.5 Å². The van der Waals surface area contributed by atoms with Crippen LogP contribution in [0.25, 0.3) is 0 Å². The zero-order valence-corrected chi connectivity index (χ0v) is 12.5. The van der Waals surface area contributed by atoms with Crippen LogP contribution in [0.5, 0.6) is 5.88 Å². The van der Waals surface area contributed by atoms with Crippen molar-refractivity contribution >= 4 is 15.9 Å². The van der Waals surface area contributed by atoms with Crippen LogP contribution in [0.4, 0.5) is 0 Å². The molecule has 0 aromatic carbocycles. The Morgan fingerprint density at radius 1 is 1.28 bits per heavy atom. The molecular weight excluding hydrogens is 292 g/mol. The second-order valence-corrected chi connectivity index (χ2v) is 6.14. The largest absolute Gasteiger partial charge is 0.476 e. The molecule has 0 amide bonds. The minimum atomic E-state index is -0.168. The number of nitrogens with two attached hydrogens (primary N) is 1. The molecule has 18 heavy (non-hydrogen) atoms. The van der Waals surface area contributed by atoms with Crippen LogP contribution in [0.3, 0.4) is 0 Å². The number of hydrogen-bond donors (Lipinski definition) is 1. The van der Waals surface area contributed by atoms with Gasteiger partial charge in [-0.1, -0.05) is 25.7 Å². The van der Waals surface area contributed by atoms with Crippen LogP contribution >= 0.6 is 15.9 Å². The SMILES string of the molecule is Cc1nc(OCC2(N)CCCCCC2)ccc1Br. The minimum Gasteiger partial charge on any atom is -0.476 e. The van der Waals surface area contributed by atoms with Gasteiger partial charge in [-0.3, -0.25) is 0 Å². The second-order valence-electron chi connectivity index (χ2n) is 5.28. The van der Waals surface area contributed by atoms with Gasteiger partial charge in [-0.2, -0.15) is 0 Å². The van der Waals surface area contributed by atoms with Crippen LogP contribution in [-0.4, -0.2) is 17.1 Å². The quantitative estimate of drug-likeness (QED) is 0.868. The van der Waals surface area contributed by atoms with Gasteiger partial charge in [-0.15, -0.1) is 0 Å². The molecule has 1 heterocycles. The molecule has 0 aliphatic heterocycles. The van der Waals surface area contributed by atoms with Crippen molar-refractivity contribution in [1.29, 1.82) is 0 Å². The zero-order valence-electron chi connectivity index (χ0n) is 10.9. The first-order valence-electron chi connectivity index (χ1n) is 6.64. The van der Waals surface area contributed by atoms with Crippen LogP contribution in [-0.2, 0) is 0 Å². The van der Waals surface area contributed by atoms with Crippen LogP contribution in [0, 0.1) is 6.92 Å². The number of nitrogens with zero attached hydrogens (tertiary/aromatic N) is 1. The molecule has 1 aliphatic carbocycles. The lowest BCUT2D eigenvalue weighted by molar-refractivity contribution is 0.193. The maximum atomic E-state index is 6.41. The van der Waals surface area contributed by atoms with Gasteiger partial charge in [0.15, 0.2) is 0 Å². The summed E-state index contributed by atoms with van der Waals surface area (Å²) >= 11 is 3.44. The van der Waals surface area contributed by atoms with E-state index in [2.05, 4.69) is 20.9 Å². The Morgan fingerprint density at radius 3 is 2.56 bits per heavy atom. The Hall–Kier alpha value is -0.610. The molecular formula is C14H21BrN2O. The minimum absolute atomic E-state index is 0.168. The van der Waals surface area contributed by atoms with Crippen molar-refractivity contribution in [2.45, 2.75) is 51.0 Å². The molecule has 4 heteroatoms. The van der Waals surface area contributed by atoms with Gasteiger partial charge >= 0.3 is 0 Å². The Bertz CT molecular complexity index is 401. The molecule has 1 fully saturated rings. The van der Waals surface area contributed by atoms with E-state index in [9.17, 15) is 0 Å². The number of halogens is 1. The normalized spacial score (nSPS) is 19.3. The fourth-order valence-electron chi connectivity index (χ4n) is 2.40. The summed E-state index contributed by atoms with van der Waals surface area (Å²) in [4.78, 5) is 4.39. The second kappa shape index (κ2) is 6.02. The topological polar surface area (TPSA) is 48.1 Å². The molecule has 1 saturated carbocycles. The number of pyridine rings is 1. The van der Waals surface area contributed by atoms with Gasteiger partial charge in [0.05, 0.1) is 11.2 Å². The lowest BCUT2D eigenvalue weighted by atomic mass is 9.93. The van der Waals surface area contributed by atoms with E-state index in [0.717, 1.165) is 23.0 Å². The highest BCUT2D eigenvalue weighted by molar-refractivity contribution is 9.10. The molecule has 1 aliphatic rings. The molecule has 2 rings (SSSR count). The zero-order chi connectivity index (χ0) is 13.0. The number of aryl methyl sites for hydroxylation is 1. The number of aromatic nitrogens is 1. The van der Waals surface area contributed by atoms with Crippen molar-refractivity contribution in [3.05, 3.63) is 22.3 Å². The molecule has 0 saturated heterocycles. The molecule has 0 unspecified atom stereocenters. The van der Waals surface area contributed by atoms with Crippen molar-refractivity contribution in [2.75, 3.05) is 6.61 Å². The number of hydrogen-bond acceptors (Lipinski definition) is 3. The summed E-state index contributed by atoms with van der Waals surface area (Å²) in [5.74, 6) is 0.671. The maximum absolute atomic E-state index is 6.41. The highest BCUT2D eigenvalue weighted by Crippen LogP contribution is 2.26. The molecule has 100 valence electrons. The molecule has 1 aromatic rings. The van der Waals surface area contributed by atoms with E-state index in [1.807, 2.05) is 19.1 Å². The standard InChI is InChI=1S/C14H21BrN2O/c1-11-12(15)6-7-13(17-11)18-10-14(16)8-4-2-3-5-9-14/h6-7H,2-5,8-10,16H2,1H3. The fourth-order valence-corrected chi connectivity index (χ4v) is 2.62. The van der Waals surface area contributed by atoms with Gasteiger partial charge in [-0.05, 0) is 41.8 Å². The lowest BCUT2D eigenvalue weighted by Gasteiger charge is -2.27. The van der Waals surface area contributed by atoms with E-state index in [1.54, 1.807) is 0 Å². The Kier molecular flexibility index (Phi) is 4.62. The molecule has 0 bridgehead atoms. The maximum Gasteiger partial charge on any atom is 0.213 e. The first kappa shape index (κ1) is 13.8. The molecule has 1 aromatic heterocycles. The van der Waals surface area contributed by atoms with E-state index in [1.165, 1.54) is 25.7 Å². The van der Waals surface area contributed by atoms with Crippen LogP contribution in [0.15, 0.2) is 16.6 Å². The van der Waals surface area contributed by atoms with E-state index >= 15 is 0 Å². The lowest BCUT2D eigenvalue weighted by Crippen LogP contribution is -2.45. The first-order valence-corrected chi connectivity index (χ1v) is 7.43. The fraction of sp³-hybridized carbons (Fsp3) is 0.643. The highest BCUT2D eigenvalue weighted by atomic mass is 79.9. The van der Waals surface area contributed by atoms with E-state index in [4.69, 9.17) is 10.5 Å². The molecule has 2 N–H and O–H groups in total. The molecule has 3 nitrogen and oxygen atoms in total. The van der Waals surface area contributed by atoms with Crippen molar-refractivity contribution in [1.82, 2.24) is 4.98 Å². The van der Waals surface area contributed by atoms with Crippen molar-refractivity contribution in [2.24, 2.45) is 5.73 Å². The van der Waals surface area contributed by atoms with Crippen LogP contribution in [0.1, 0.15) is 44.2 Å². The third kappa shape index (κ3) is 3.69. The van der Waals surface area contributed by atoms with Crippen molar-refractivity contribution in [3.8, 4) is 5.88 Å². The first-order chi connectivity index (χ1) is 8.59. The highest BCUT2D eigenvalue weighted by Gasteiger charge is 2.27. The number of rotatable bonds is 3. The van der Waals surface area contributed by atoms with Crippen LogP contribution in [0.2, 0.25) is 0 Å². The van der Waals surface area contributed by atoms with Crippen molar-refractivity contribution in [3.63, 3.8) is 0 Å². The summed E-state index contributed by atoms with van der Waals surface area (Å²) < 4.78 is 6.79. The summed E-state index contributed by atoms with van der Waals surface area (Å²) in [6.07, 6.45) is 7.15. The summed E-state index contributed by atoms with van der Waals surface area (Å²) in [6, 6.07) is 3.85. The molecule has 0 spiro atoms. The summed E-state index contributed by atoms with van der Waals surface area (Å²) in [5.41, 5.74) is 7.19. The average Bonchev–Trinajstić information content (AvgIpc) is 2.56. The van der Waals surface area contributed by atoms with E-state index < -0.39 is 0 Å². The van der Waals surface area contributed by atoms with Gasteiger partial charge in [0.2, 0.25) is 5.88 Å². The van der Waals surface area contributed by atoms with Gasteiger partial charge < -0.3 is 10.5 Å². The summed E-state index contributed by atoms with van der Waals surface area (Å²) in [7, 11) is 0. The third-order valence-electron chi connectivity index (χ3n) is 3.60. The number of ether oxygens (including phenoxy) is 1. The van der Waals surface area contributed by atoms with Gasteiger partial charge in [0.1, 0.15) is 6.61 Å². The van der Waals surface area contributed by atoms with Crippen molar-refractivity contribution < 1.29 is 4.74 Å². The van der Waals surface area contributed by atoms with Gasteiger partial charge in [0.25, 0.3) is 0 Å². The summed E-state index contributed by atoms with van der Waals surface area (Å²) in [5, 5.41) is 0. The predicted molar refractivity (Wildman–Crippen MR) is 76.8 cm³/mol.